The van der Waals surface area contributed by atoms with Crippen LogP contribution in [-0.2, 0) is 6.42 Å². The van der Waals surface area contributed by atoms with Gasteiger partial charge in [-0.3, -0.25) is 0 Å². The van der Waals surface area contributed by atoms with Gasteiger partial charge in [-0.15, -0.1) is 0 Å². The van der Waals surface area contributed by atoms with E-state index >= 15 is 0 Å². The molecule has 0 aliphatic heterocycles. The zero-order chi connectivity index (χ0) is 11.8. The number of phenolic OH excluding ortho intramolecular Hbond substituents is 1. The number of rotatable bonds is 7. The Bertz CT molecular complexity index is 281. The van der Waals surface area contributed by atoms with Gasteiger partial charge in [0.2, 0.25) is 0 Å². The molecule has 0 heterocycles. The predicted octanol–water partition coefficient (Wildman–Crippen LogP) is 4.24. The molecule has 1 unspecified atom stereocenters. The van der Waals surface area contributed by atoms with E-state index in [1.54, 1.807) is 24.3 Å². The topological polar surface area (TPSA) is 20.2 Å². The third kappa shape index (κ3) is 5.15. The average Bonchev–Trinajstić information content (AvgIpc) is 2.28. The molecule has 0 amide bonds. The molecule has 0 aliphatic carbocycles. The number of hydrogen-bond donors (Lipinski definition) is 1. The van der Waals surface area contributed by atoms with Crippen LogP contribution in [0, 0.1) is 0 Å². The summed E-state index contributed by atoms with van der Waals surface area (Å²) in [6.07, 6.45) is 4.87. The Morgan fingerprint density at radius 1 is 1.12 bits per heavy atom. The third-order valence-corrected chi connectivity index (χ3v) is 2.76. The number of unbranched alkanes of at least 4 members (excludes halogenated alkanes) is 3. The second-order valence-corrected chi connectivity index (χ2v) is 4.32. The van der Waals surface area contributed by atoms with E-state index in [2.05, 4.69) is 6.92 Å². The first-order valence-electron chi connectivity index (χ1n) is 6.14. The van der Waals surface area contributed by atoms with Crippen LogP contribution in [0.4, 0.5) is 4.39 Å². The van der Waals surface area contributed by atoms with Gasteiger partial charge in [0.25, 0.3) is 0 Å². The van der Waals surface area contributed by atoms with Crippen molar-refractivity contribution in [2.24, 2.45) is 0 Å². The first kappa shape index (κ1) is 13.0. The molecule has 16 heavy (non-hydrogen) atoms. The molecule has 90 valence electrons. The SMILES string of the molecule is CCCCCCC(F)Cc1ccc(O)cc1. The highest BCUT2D eigenvalue weighted by Gasteiger charge is 2.07. The highest BCUT2D eigenvalue weighted by atomic mass is 19.1. The smallest absolute Gasteiger partial charge is 0.115 e. The molecule has 1 nitrogen and oxygen atoms in total. The Hall–Kier alpha value is -1.05. The summed E-state index contributed by atoms with van der Waals surface area (Å²) < 4.78 is 13.6. The fourth-order valence-electron chi connectivity index (χ4n) is 1.78. The van der Waals surface area contributed by atoms with Crippen molar-refractivity contribution in [1.29, 1.82) is 0 Å². The first-order chi connectivity index (χ1) is 7.72. The van der Waals surface area contributed by atoms with Gasteiger partial charge in [0, 0.05) is 6.42 Å². The van der Waals surface area contributed by atoms with Crippen molar-refractivity contribution < 1.29 is 9.50 Å². The summed E-state index contributed by atoms with van der Waals surface area (Å²) in [5, 5.41) is 9.10. The van der Waals surface area contributed by atoms with E-state index in [0.29, 0.717) is 12.8 Å². The van der Waals surface area contributed by atoms with E-state index < -0.39 is 6.17 Å². The van der Waals surface area contributed by atoms with Crippen molar-refractivity contribution in [2.75, 3.05) is 0 Å². The summed E-state index contributed by atoms with van der Waals surface area (Å²) in [5.41, 5.74) is 0.959. The summed E-state index contributed by atoms with van der Waals surface area (Å²) in [6.45, 7) is 2.16. The van der Waals surface area contributed by atoms with Gasteiger partial charge in [0.05, 0.1) is 0 Å². The van der Waals surface area contributed by atoms with Crippen LogP contribution in [0.1, 0.15) is 44.6 Å². The molecule has 1 aromatic rings. The van der Waals surface area contributed by atoms with E-state index in [1.807, 2.05) is 0 Å². The summed E-state index contributed by atoms with van der Waals surface area (Å²) >= 11 is 0. The molecule has 0 radical (unpaired) electrons. The molecule has 0 saturated heterocycles. The number of halogens is 1. The van der Waals surface area contributed by atoms with E-state index in [-0.39, 0.29) is 5.75 Å². The Labute approximate surface area is 97.3 Å². The van der Waals surface area contributed by atoms with Crippen LogP contribution in [0.25, 0.3) is 0 Å². The van der Waals surface area contributed by atoms with Crippen molar-refractivity contribution in [3.05, 3.63) is 29.8 Å². The molecule has 2 heteroatoms. The van der Waals surface area contributed by atoms with Gasteiger partial charge in [-0.2, -0.15) is 0 Å². The maximum absolute atomic E-state index is 13.6. The Balaban J connectivity index is 2.23. The summed E-state index contributed by atoms with van der Waals surface area (Å²) in [4.78, 5) is 0. The van der Waals surface area contributed by atoms with E-state index in [0.717, 1.165) is 18.4 Å². The monoisotopic (exact) mass is 224 g/mol. The molecule has 1 rings (SSSR count). The number of benzene rings is 1. The minimum atomic E-state index is -0.749. The van der Waals surface area contributed by atoms with Crippen LogP contribution < -0.4 is 0 Å². The van der Waals surface area contributed by atoms with Gasteiger partial charge < -0.3 is 5.11 Å². The summed E-state index contributed by atoms with van der Waals surface area (Å²) in [5.74, 6) is 0.238. The number of phenols is 1. The second kappa shape index (κ2) is 7.26. The van der Waals surface area contributed by atoms with Crippen molar-refractivity contribution in [3.63, 3.8) is 0 Å². The number of hydrogen-bond acceptors (Lipinski definition) is 1. The van der Waals surface area contributed by atoms with Gasteiger partial charge in [-0.1, -0.05) is 44.7 Å². The molecular weight excluding hydrogens is 203 g/mol. The molecule has 0 aliphatic rings. The van der Waals surface area contributed by atoms with Crippen molar-refractivity contribution >= 4 is 0 Å². The summed E-state index contributed by atoms with van der Waals surface area (Å²) in [7, 11) is 0. The van der Waals surface area contributed by atoms with Crippen molar-refractivity contribution in [2.45, 2.75) is 51.6 Å². The van der Waals surface area contributed by atoms with Gasteiger partial charge in [0.1, 0.15) is 11.9 Å². The predicted molar refractivity (Wildman–Crippen MR) is 65.5 cm³/mol. The lowest BCUT2D eigenvalue weighted by Gasteiger charge is -2.08. The maximum atomic E-state index is 13.6. The standard InChI is InChI=1S/C14H21FO/c1-2-3-4-5-6-13(15)11-12-7-9-14(16)10-8-12/h7-10,13,16H,2-6,11H2,1H3. The largest absolute Gasteiger partial charge is 0.508 e. The quantitative estimate of drug-likeness (QED) is 0.687. The van der Waals surface area contributed by atoms with Gasteiger partial charge >= 0.3 is 0 Å². The Kier molecular flexibility index (Phi) is 5.91. The fourth-order valence-corrected chi connectivity index (χ4v) is 1.78. The zero-order valence-corrected chi connectivity index (χ0v) is 9.95. The first-order valence-corrected chi connectivity index (χ1v) is 6.14. The van der Waals surface area contributed by atoms with Crippen LogP contribution in [-0.4, -0.2) is 11.3 Å². The minimum Gasteiger partial charge on any atom is -0.508 e. The van der Waals surface area contributed by atoms with Crippen LogP contribution in [0.3, 0.4) is 0 Å². The van der Waals surface area contributed by atoms with Crippen LogP contribution in [0.5, 0.6) is 5.75 Å². The Morgan fingerprint density at radius 3 is 2.44 bits per heavy atom. The Morgan fingerprint density at radius 2 is 1.81 bits per heavy atom. The molecule has 1 aromatic carbocycles. The number of alkyl halides is 1. The maximum Gasteiger partial charge on any atom is 0.115 e. The third-order valence-electron chi connectivity index (χ3n) is 2.76. The molecule has 1 N–H and O–H groups in total. The highest BCUT2D eigenvalue weighted by molar-refractivity contribution is 5.26. The molecule has 0 saturated carbocycles. The molecular formula is C14H21FO. The van der Waals surface area contributed by atoms with Gasteiger partial charge in [-0.25, -0.2) is 4.39 Å². The van der Waals surface area contributed by atoms with Crippen molar-refractivity contribution in [1.82, 2.24) is 0 Å². The average molecular weight is 224 g/mol. The van der Waals surface area contributed by atoms with Crippen LogP contribution >= 0.6 is 0 Å². The van der Waals surface area contributed by atoms with Crippen molar-refractivity contribution in [3.8, 4) is 5.75 Å². The minimum absolute atomic E-state index is 0.238. The number of aromatic hydroxyl groups is 1. The molecule has 0 bridgehead atoms. The van der Waals surface area contributed by atoms with Gasteiger partial charge in [-0.05, 0) is 24.1 Å². The molecule has 0 aromatic heterocycles. The van der Waals surface area contributed by atoms with Crippen LogP contribution in [0.15, 0.2) is 24.3 Å². The fraction of sp³-hybridized carbons (Fsp3) is 0.571. The highest BCUT2D eigenvalue weighted by Crippen LogP contribution is 2.15. The van der Waals surface area contributed by atoms with Gasteiger partial charge in [0.15, 0.2) is 0 Å². The lowest BCUT2D eigenvalue weighted by Crippen LogP contribution is -2.04. The van der Waals surface area contributed by atoms with E-state index in [1.165, 1.54) is 12.8 Å². The lowest BCUT2D eigenvalue weighted by atomic mass is 10.0. The van der Waals surface area contributed by atoms with E-state index in [4.69, 9.17) is 5.11 Å². The normalized spacial score (nSPS) is 12.6. The second-order valence-electron chi connectivity index (χ2n) is 4.32. The van der Waals surface area contributed by atoms with E-state index in [9.17, 15) is 4.39 Å². The summed E-state index contributed by atoms with van der Waals surface area (Å²) in [6, 6.07) is 6.79. The molecule has 0 spiro atoms. The molecule has 1 atom stereocenters. The van der Waals surface area contributed by atoms with Crippen LogP contribution in [0.2, 0.25) is 0 Å². The molecule has 0 fully saturated rings. The zero-order valence-electron chi connectivity index (χ0n) is 9.95. The lowest BCUT2D eigenvalue weighted by molar-refractivity contribution is 0.303.